The molecular formula is C20H26N2O3S2. The van der Waals surface area contributed by atoms with Crippen molar-refractivity contribution in [2.24, 2.45) is 0 Å². The Bertz CT molecular complexity index is 699. The van der Waals surface area contributed by atoms with Gasteiger partial charge in [0.2, 0.25) is 0 Å². The van der Waals surface area contributed by atoms with Crippen molar-refractivity contribution >= 4 is 29.4 Å². The third kappa shape index (κ3) is 5.96. The average Bonchev–Trinajstić information content (AvgIpc) is 3.22. The Labute approximate surface area is 169 Å². The number of hydrogen-bond donors (Lipinski definition) is 1. The maximum absolute atomic E-state index is 12.1. The number of ether oxygens (including phenoxy) is 1. The van der Waals surface area contributed by atoms with Gasteiger partial charge in [0.25, 0.3) is 5.91 Å². The second kappa shape index (κ2) is 10.1. The molecule has 7 heteroatoms. The molecule has 1 amide bonds. The molecule has 1 aliphatic rings. The highest BCUT2D eigenvalue weighted by atomic mass is 32.2. The van der Waals surface area contributed by atoms with Gasteiger partial charge < -0.3 is 14.5 Å². The van der Waals surface area contributed by atoms with E-state index in [4.69, 9.17) is 9.15 Å². The van der Waals surface area contributed by atoms with E-state index in [2.05, 4.69) is 17.4 Å². The summed E-state index contributed by atoms with van der Waals surface area (Å²) in [6.45, 7) is 0.475. The molecule has 146 valence electrons. The van der Waals surface area contributed by atoms with Crippen molar-refractivity contribution in [3.8, 4) is 5.75 Å². The van der Waals surface area contributed by atoms with E-state index in [-0.39, 0.29) is 18.6 Å². The van der Waals surface area contributed by atoms with Gasteiger partial charge in [0, 0.05) is 6.54 Å². The first kappa shape index (κ1) is 20.2. The van der Waals surface area contributed by atoms with Gasteiger partial charge in [-0.2, -0.15) is 0 Å². The minimum absolute atomic E-state index is 0.00454. The maximum atomic E-state index is 12.1. The predicted octanol–water partition coefficient (Wildman–Crippen LogP) is 3.95. The lowest BCUT2D eigenvalue weighted by Crippen LogP contribution is -2.36. The molecule has 2 aromatic rings. The average molecular weight is 407 g/mol. The van der Waals surface area contributed by atoms with Gasteiger partial charge in [0.05, 0.1) is 16.9 Å². The van der Waals surface area contributed by atoms with E-state index < -0.39 is 0 Å². The summed E-state index contributed by atoms with van der Waals surface area (Å²) in [5, 5.41) is 2.91. The molecule has 1 N–H and O–H groups in total. The number of rotatable bonds is 8. The van der Waals surface area contributed by atoms with Crippen LogP contribution in [0.25, 0.3) is 0 Å². The summed E-state index contributed by atoms with van der Waals surface area (Å²) in [6.07, 6.45) is 2.93. The van der Waals surface area contributed by atoms with Crippen molar-refractivity contribution in [2.75, 3.05) is 38.8 Å². The van der Waals surface area contributed by atoms with E-state index in [1.165, 1.54) is 23.5 Å². The lowest BCUT2D eigenvalue weighted by atomic mass is 10.2. The molecule has 0 bridgehead atoms. The molecule has 0 radical (unpaired) electrons. The van der Waals surface area contributed by atoms with Crippen LogP contribution in [0.1, 0.15) is 28.4 Å². The summed E-state index contributed by atoms with van der Waals surface area (Å²) in [4.78, 5) is 14.1. The van der Waals surface area contributed by atoms with Crippen LogP contribution >= 0.6 is 23.5 Å². The zero-order valence-electron chi connectivity index (χ0n) is 15.7. The quantitative estimate of drug-likeness (QED) is 0.716. The normalized spacial score (nSPS) is 16.3. The Morgan fingerprint density at radius 2 is 2.00 bits per heavy atom. The second-order valence-corrected chi connectivity index (χ2v) is 9.31. The van der Waals surface area contributed by atoms with Gasteiger partial charge in [-0.15, -0.1) is 23.5 Å². The highest BCUT2D eigenvalue weighted by molar-refractivity contribution is 8.16. The number of benzene rings is 1. The number of hydrogen-bond acceptors (Lipinski definition) is 6. The third-order valence-corrected chi connectivity index (χ3v) is 7.35. The number of likely N-dealkylation sites (N-methyl/N-ethyl adjacent to an activating group) is 1. The minimum atomic E-state index is -0.143. The van der Waals surface area contributed by atoms with Gasteiger partial charge >= 0.3 is 0 Å². The van der Waals surface area contributed by atoms with Crippen molar-refractivity contribution in [1.29, 1.82) is 0 Å². The summed E-state index contributed by atoms with van der Waals surface area (Å²) in [6, 6.07) is 11.9. The Morgan fingerprint density at radius 1 is 1.26 bits per heavy atom. The Morgan fingerprint density at radius 3 is 2.63 bits per heavy atom. The monoisotopic (exact) mass is 406 g/mol. The molecule has 0 saturated carbocycles. The number of carbonyl (C=O) groups excluding carboxylic acids is 1. The predicted molar refractivity (Wildman–Crippen MR) is 112 cm³/mol. The molecule has 3 rings (SSSR count). The van der Waals surface area contributed by atoms with Crippen LogP contribution in [0, 0.1) is 0 Å². The molecule has 1 fully saturated rings. The Hall–Kier alpha value is -1.57. The summed E-state index contributed by atoms with van der Waals surface area (Å²) >= 11 is 3.99. The molecule has 5 nitrogen and oxygen atoms in total. The number of thioether (sulfide) groups is 2. The number of nitrogens with zero attached hydrogens (tertiary/aromatic N) is 1. The molecule has 1 saturated heterocycles. The van der Waals surface area contributed by atoms with Crippen molar-refractivity contribution in [3.05, 3.63) is 54.0 Å². The van der Waals surface area contributed by atoms with Gasteiger partial charge in [-0.1, -0.05) is 12.1 Å². The smallest absolute Gasteiger partial charge is 0.258 e. The van der Waals surface area contributed by atoms with Crippen LogP contribution in [0.5, 0.6) is 5.75 Å². The zero-order chi connectivity index (χ0) is 19.1. The van der Waals surface area contributed by atoms with Crippen molar-refractivity contribution in [3.63, 3.8) is 0 Å². The van der Waals surface area contributed by atoms with Crippen molar-refractivity contribution in [2.45, 2.75) is 17.0 Å². The van der Waals surface area contributed by atoms with Crippen molar-refractivity contribution in [1.82, 2.24) is 10.2 Å². The van der Waals surface area contributed by atoms with E-state index in [1.807, 2.05) is 66.8 Å². The molecule has 27 heavy (non-hydrogen) atoms. The van der Waals surface area contributed by atoms with Crippen LogP contribution in [-0.2, 0) is 4.79 Å². The zero-order valence-corrected chi connectivity index (χ0v) is 17.4. The molecular weight excluding hydrogens is 380 g/mol. The van der Waals surface area contributed by atoms with Crippen molar-refractivity contribution < 1.29 is 13.9 Å². The van der Waals surface area contributed by atoms with Gasteiger partial charge in [-0.05, 0) is 61.9 Å². The van der Waals surface area contributed by atoms with E-state index in [0.29, 0.717) is 11.1 Å². The Kier molecular flexibility index (Phi) is 7.55. The number of carbonyl (C=O) groups is 1. The first-order valence-electron chi connectivity index (χ1n) is 9.06. The number of furan rings is 1. The molecule has 2 heterocycles. The van der Waals surface area contributed by atoms with Crippen LogP contribution in [0.4, 0.5) is 0 Å². The standard InChI is InChI=1S/C20H26N2O3S2/c1-22(2)17(18-5-3-10-24-18)13-21-19(23)14-25-16-8-6-15(7-9-16)20-26-11-4-12-27-20/h3,5-10,17,20H,4,11-14H2,1-2H3,(H,21,23). The first-order valence-corrected chi connectivity index (χ1v) is 11.2. The van der Waals surface area contributed by atoms with E-state index in [0.717, 1.165) is 11.5 Å². The van der Waals surface area contributed by atoms with Crippen LogP contribution in [0.3, 0.4) is 0 Å². The second-order valence-electron chi connectivity index (χ2n) is 6.58. The van der Waals surface area contributed by atoms with E-state index in [9.17, 15) is 4.79 Å². The molecule has 1 aromatic heterocycles. The molecule has 0 spiro atoms. The topological polar surface area (TPSA) is 54.7 Å². The fourth-order valence-corrected chi connectivity index (χ4v) is 5.72. The van der Waals surface area contributed by atoms with E-state index >= 15 is 0 Å². The van der Waals surface area contributed by atoms with Gasteiger partial charge in [0.1, 0.15) is 11.5 Å². The molecule has 1 atom stereocenters. The Balaban J connectivity index is 1.44. The van der Waals surface area contributed by atoms with Crippen LogP contribution in [-0.4, -0.2) is 49.6 Å². The highest BCUT2D eigenvalue weighted by Gasteiger charge is 2.18. The fourth-order valence-electron chi connectivity index (χ4n) is 2.83. The van der Waals surface area contributed by atoms with Crippen LogP contribution < -0.4 is 10.1 Å². The lowest BCUT2D eigenvalue weighted by Gasteiger charge is -2.22. The summed E-state index contributed by atoms with van der Waals surface area (Å²) in [7, 11) is 3.92. The first-order chi connectivity index (χ1) is 13.1. The lowest BCUT2D eigenvalue weighted by molar-refractivity contribution is -0.123. The van der Waals surface area contributed by atoms with Gasteiger partial charge in [0.15, 0.2) is 6.61 Å². The largest absolute Gasteiger partial charge is 0.484 e. The van der Waals surface area contributed by atoms with Gasteiger partial charge in [-0.25, -0.2) is 0 Å². The number of nitrogens with one attached hydrogen (secondary N) is 1. The fraction of sp³-hybridized carbons (Fsp3) is 0.450. The van der Waals surface area contributed by atoms with Crippen LogP contribution in [0.15, 0.2) is 47.1 Å². The molecule has 1 aromatic carbocycles. The maximum Gasteiger partial charge on any atom is 0.258 e. The summed E-state index contributed by atoms with van der Waals surface area (Å²) < 4.78 is 11.6. The third-order valence-electron chi connectivity index (χ3n) is 4.34. The number of amides is 1. The van der Waals surface area contributed by atoms with Gasteiger partial charge in [-0.3, -0.25) is 9.69 Å². The highest BCUT2D eigenvalue weighted by Crippen LogP contribution is 2.43. The SMILES string of the molecule is CN(C)C(CNC(=O)COc1ccc(C2SCCCS2)cc1)c1ccco1. The minimum Gasteiger partial charge on any atom is -0.484 e. The van der Waals surface area contributed by atoms with E-state index in [1.54, 1.807) is 6.26 Å². The summed E-state index contributed by atoms with van der Waals surface area (Å²) in [5.74, 6) is 3.85. The molecule has 1 unspecified atom stereocenters. The summed E-state index contributed by atoms with van der Waals surface area (Å²) in [5.41, 5.74) is 1.31. The molecule has 0 aliphatic carbocycles. The van der Waals surface area contributed by atoms with Crippen LogP contribution in [0.2, 0.25) is 0 Å². The molecule has 1 aliphatic heterocycles.